The molecular formula is C10H10O4. The molecule has 4 heteroatoms. The molecule has 0 saturated carbocycles. The second kappa shape index (κ2) is 2.67. The molecule has 2 fully saturated rings. The number of Topliss-reactive ketones (excluding diaryl/α,β-unsaturated/α-hetero) is 2. The fourth-order valence-corrected chi connectivity index (χ4v) is 2.36. The zero-order valence-electron chi connectivity index (χ0n) is 7.51. The van der Waals surface area contributed by atoms with Gasteiger partial charge in [-0.2, -0.15) is 0 Å². The molecule has 4 bridgehead atoms. The Morgan fingerprint density at radius 2 is 2.14 bits per heavy atom. The fourth-order valence-electron chi connectivity index (χ4n) is 2.36. The highest BCUT2D eigenvalue weighted by Gasteiger charge is 2.51. The fraction of sp³-hybridized carbons (Fsp3) is 0.600. The lowest BCUT2D eigenvalue weighted by Crippen LogP contribution is -2.58. The van der Waals surface area contributed by atoms with Gasteiger partial charge in [0.2, 0.25) is 0 Å². The average molecular weight is 194 g/mol. The van der Waals surface area contributed by atoms with Gasteiger partial charge in [-0.3, -0.25) is 9.59 Å². The van der Waals surface area contributed by atoms with Crippen molar-refractivity contribution in [2.24, 2.45) is 5.92 Å². The predicted molar refractivity (Wildman–Crippen MR) is 45.4 cm³/mol. The summed E-state index contributed by atoms with van der Waals surface area (Å²) in [5.41, 5.74) is 0. The predicted octanol–water partition coefficient (Wildman–Crippen LogP) is 0.214. The molecule has 0 aromatic heterocycles. The lowest BCUT2D eigenvalue weighted by molar-refractivity contribution is -0.186. The van der Waals surface area contributed by atoms with Crippen molar-refractivity contribution in [2.45, 2.75) is 31.2 Å². The minimum absolute atomic E-state index is 0.00167. The van der Waals surface area contributed by atoms with Crippen LogP contribution in [0.5, 0.6) is 0 Å². The third kappa shape index (κ3) is 0.917. The maximum atomic E-state index is 11.8. The Morgan fingerprint density at radius 3 is 3.00 bits per heavy atom. The summed E-state index contributed by atoms with van der Waals surface area (Å²) in [6.07, 6.45) is 2.97. The van der Waals surface area contributed by atoms with Gasteiger partial charge in [0.25, 0.3) is 0 Å². The Balaban J connectivity index is 2.03. The third-order valence-electron chi connectivity index (χ3n) is 3.11. The van der Waals surface area contributed by atoms with Gasteiger partial charge in [-0.1, -0.05) is 0 Å². The van der Waals surface area contributed by atoms with E-state index in [-0.39, 0.29) is 23.6 Å². The van der Waals surface area contributed by atoms with E-state index >= 15 is 0 Å². The molecule has 4 nitrogen and oxygen atoms in total. The van der Waals surface area contributed by atoms with Crippen molar-refractivity contribution >= 4 is 11.6 Å². The molecular weight excluding hydrogens is 184 g/mol. The normalized spacial score (nSPS) is 44.9. The van der Waals surface area contributed by atoms with Gasteiger partial charge in [0.1, 0.15) is 0 Å². The van der Waals surface area contributed by atoms with Crippen LogP contribution in [0.2, 0.25) is 0 Å². The number of fused-ring (bicyclic) bond motifs is 6. The number of ketones is 2. The van der Waals surface area contributed by atoms with Crippen LogP contribution in [0.15, 0.2) is 12.3 Å². The van der Waals surface area contributed by atoms with Crippen LogP contribution in [-0.2, 0) is 19.1 Å². The van der Waals surface area contributed by atoms with Crippen LogP contribution < -0.4 is 0 Å². The van der Waals surface area contributed by atoms with E-state index in [0.717, 1.165) is 0 Å². The molecule has 3 aliphatic rings. The van der Waals surface area contributed by atoms with Crippen LogP contribution in [0.3, 0.4) is 0 Å². The highest BCUT2D eigenvalue weighted by molar-refractivity contribution is 5.97. The molecule has 4 unspecified atom stereocenters. The summed E-state index contributed by atoms with van der Waals surface area (Å²) >= 11 is 0. The summed E-state index contributed by atoms with van der Waals surface area (Å²) in [6, 6.07) is 0. The maximum absolute atomic E-state index is 11.8. The van der Waals surface area contributed by atoms with Crippen LogP contribution in [0.1, 0.15) is 12.8 Å². The first-order chi connectivity index (χ1) is 6.77. The molecule has 2 saturated heterocycles. The Bertz CT molecular complexity index is 333. The van der Waals surface area contributed by atoms with Gasteiger partial charge in [0.15, 0.2) is 23.8 Å². The quantitative estimate of drug-likeness (QED) is 0.553. The van der Waals surface area contributed by atoms with E-state index in [0.29, 0.717) is 12.8 Å². The Hall–Kier alpha value is -1.16. The lowest BCUT2D eigenvalue weighted by atomic mass is 9.79. The zero-order chi connectivity index (χ0) is 9.71. The van der Waals surface area contributed by atoms with E-state index < -0.39 is 12.2 Å². The minimum atomic E-state index is -0.686. The molecule has 0 N–H and O–H groups in total. The maximum Gasteiger partial charge on any atom is 0.189 e. The molecule has 0 aromatic carbocycles. The number of rotatable bonds is 0. The first kappa shape index (κ1) is 8.17. The Labute approximate surface area is 80.9 Å². The zero-order valence-corrected chi connectivity index (χ0v) is 7.51. The summed E-state index contributed by atoms with van der Waals surface area (Å²) in [6.45, 7) is 0. The summed E-state index contributed by atoms with van der Waals surface area (Å²) in [7, 11) is 0. The Kier molecular flexibility index (Phi) is 1.56. The molecule has 3 aliphatic heterocycles. The summed E-state index contributed by atoms with van der Waals surface area (Å²) < 4.78 is 10.7. The molecule has 74 valence electrons. The van der Waals surface area contributed by atoms with Crippen LogP contribution in [-0.4, -0.2) is 29.9 Å². The number of ether oxygens (including phenoxy) is 2. The summed E-state index contributed by atoms with van der Waals surface area (Å²) in [5, 5.41) is 0. The van der Waals surface area contributed by atoms with E-state index in [9.17, 15) is 9.59 Å². The molecule has 3 heterocycles. The van der Waals surface area contributed by atoms with Gasteiger partial charge < -0.3 is 9.47 Å². The topological polar surface area (TPSA) is 52.6 Å². The van der Waals surface area contributed by atoms with E-state index in [4.69, 9.17) is 9.47 Å². The van der Waals surface area contributed by atoms with Crippen molar-refractivity contribution in [1.29, 1.82) is 0 Å². The summed E-state index contributed by atoms with van der Waals surface area (Å²) in [4.78, 5) is 23.2. The van der Waals surface area contributed by atoms with Gasteiger partial charge in [0.05, 0.1) is 18.3 Å². The van der Waals surface area contributed by atoms with E-state index in [2.05, 4.69) is 0 Å². The minimum Gasteiger partial charge on any atom is -0.487 e. The van der Waals surface area contributed by atoms with Gasteiger partial charge >= 0.3 is 0 Å². The monoisotopic (exact) mass is 194 g/mol. The van der Waals surface area contributed by atoms with Crippen LogP contribution in [0.4, 0.5) is 0 Å². The smallest absolute Gasteiger partial charge is 0.189 e. The third-order valence-corrected chi connectivity index (χ3v) is 3.11. The van der Waals surface area contributed by atoms with Crippen LogP contribution >= 0.6 is 0 Å². The standard InChI is InChI=1S/C10H10O4/c11-6-1-2-7-5-3-4-13-10(8(5)12)9(6)14-7/h3-5,7,9-10H,1-2H2. The lowest BCUT2D eigenvalue weighted by Gasteiger charge is -2.43. The van der Waals surface area contributed by atoms with Gasteiger partial charge in [-0.25, -0.2) is 0 Å². The number of hydrogen-bond acceptors (Lipinski definition) is 4. The van der Waals surface area contributed by atoms with Gasteiger partial charge in [-0.15, -0.1) is 0 Å². The van der Waals surface area contributed by atoms with Crippen molar-refractivity contribution in [3.8, 4) is 0 Å². The highest BCUT2D eigenvalue weighted by Crippen LogP contribution is 2.35. The van der Waals surface area contributed by atoms with E-state index in [1.165, 1.54) is 6.26 Å². The van der Waals surface area contributed by atoms with Gasteiger partial charge in [0, 0.05) is 6.42 Å². The molecule has 0 aromatic rings. The SMILES string of the molecule is O=C1CCC2OC1C1OC=CC2C1=O. The molecule has 3 rings (SSSR count). The number of hydrogen-bond donors (Lipinski definition) is 0. The van der Waals surface area contributed by atoms with Crippen molar-refractivity contribution < 1.29 is 19.1 Å². The van der Waals surface area contributed by atoms with Crippen molar-refractivity contribution in [3.63, 3.8) is 0 Å². The second-order valence-electron chi connectivity index (χ2n) is 3.91. The van der Waals surface area contributed by atoms with E-state index in [1.54, 1.807) is 6.08 Å². The number of carbonyl (C=O) groups excluding carboxylic acids is 2. The average Bonchev–Trinajstić information content (AvgIpc) is 2.17. The van der Waals surface area contributed by atoms with Crippen LogP contribution in [0.25, 0.3) is 0 Å². The molecule has 0 spiro atoms. The van der Waals surface area contributed by atoms with Gasteiger partial charge in [-0.05, 0) is 12.5 Å². The highest BCUT2D eigenvalue weighted by atomic mass is 16.6. The number of carbonyl (C=O) groups is 2. The largest absolute Gasteiger partial charge is 0.487 e. The van der Waals surface area contributed by atoms with E-state index in [1.807, 2.05) is 0 Å². The molecule has 14 heavy (non-hydrogen) atoms. The molecule has 0 amide bonds. The first-order valence-electron chi connectivity index (χ1n) is 4.81. The molecule has 4 atom stereocenters. The van der Waals surface area contributed by atoms with Crippen molar-refractivity contribution in [1.82, 2.24) is 0 Å². The van der Waals surface area contributed by atoms with Crippen molar-refractivity contribution in [3.05, 3.63) is 12.3 Å². The summed E-state index contributed by atoms with van der Waals surface area (Å²) in [5.74, 6) is -0.201. The first-order valence-corrected chi connectivity index (χ1v) is 4.81. The Morgan fingerprint density at radius 1 is 1.29 bits per heavy atom. The van der Waals surface area contributed by atoms with Crippen molar-refractivity contribution in [2.75, 3.05) is 0 Å². The second-order valence-corrected chi connectivity index (χ2v) is 3.91. The molecule has 0 aliphatic carbocycles. The van der Waals surface area contributed by atoms with Crippen LogP contribution in [0, 0.1) is 5.92 Å². The molecule has 0 radical (unpaired) electrons.